The first kappa shape index (κ1) is 31.4. The van der Waals surface area contributed by atoms with Crippen LogP contribution in [0, 0.1) is 11.6 Å². The lowest BCUT2D eigenvalue weighted by Crippen LogP contribution is -2.50. The summed E-state index contributed by atoms with van der Waals surface area (Å²) in [6, 6.07) is 33.1. The molecule has 2 atom stereocenters. The highest BCUT2D eigenvalue weighted by Gasteiger charge is 2.35. The van der Waals surface area contributed by atoms with Gasteiger partial charge in [-0.1, -0.05) is 84.9 Å². The summed E-state index contributed by atoms with van der Waals surface area (Å²) in [4.78, 5) is 4.68. The average Bonchev–Trinajstić information content (AvgIpc) is 3.80. The molecule has 48 heavy (non-hydrogen) atoms. The minimum Gasteiger partial charge on any atom is -0.287 e. The van der Waals surface area contributed by atoms with E-state index in [1.165, 1.54) is 35.4 Å². The quantitative estimate of drug-likeness (QED) is 0.185. The summed E-state index contributed by atoms with van der Waals surface area (Å²) in [5.41, 5.74) is 4.23. The lowest BCUT2D eigenvalue weighted by molar-refractivity contribution is 0.0822. The van der Waals surface area contributed by atoms with Gasteiger partial charge in [0.15, 0.2) is 11.6 Å². The highest BCUT2D eigenvalue weighted by Crippen LogP contribution is 2.33. The Hall–Kier alpha value is -5.20. The van der Waals surface area contributed by atoms with Gasteiger partial charge >= 0.3 is 0 Å². The number of benzene rings is 4. The molecule has 0 saturated carbocycles. The molecule has 0 bridgehead atoms. The topological polar surface area (TPSA) is 93.7 Å². The van der Waals surface area contributed by atoms with Crippen LogP contribution in [-0.4, -0.2) is 76.4 Å². The zero-order valence-electron chi connectivity index (χ0n) is 26.4. The van der Waals surface area contributed by atoms with Crippen molar-refractivity contribution < 1.29 is 8.78 Å². The number of piperazine rings is 1. The number of hydrogen-bond acceptors (Lipinski definition) is 8. The second-order valence-electron chi connectivity index (χ2n) is 12.0. The largest absolute Gasteiger partial charge is 0.287 e. The molecule has 1 fully saturated rings. The molecular weight excluding hydrogens is 610 g/mol. The van der Waals surface area contributed by atoms with E-state index in [0.29, 0.717) is 50.9 Å². The van der Waals surface area contributed by atoms with Crippen molar-refractivity contribution in [1.29, 1.82) is 0 Å². The van der Waals surface area contributed by atoms with Gasteiger partial charge < -0.3 is 0 Å². The van der Waals surface area contributed by atoms with Crippen molar-refractivity contribution in [3.05, 3.63) is 155 Å². The molecule has 0 unspecified atom stereocenters. The Kier molecular flexibility index (Phi) is 9.62. The number of halogens is 2. The Morgan fingerprint density at radius 3 is 1.25 bits per heavy atom. The van der Waals surface area contributed by atoms with Crippen LogP contribution in [0.1, 0.15) is 46.0 Å². The lowest BCUT2D eigenvalue weighted by atomic mass is 10.0. The summed E-state index contributed by atoms with van der Waals surface area (Å²) in [5, 5.41) is 25.8. The smallest absolute Gasteiger partial charge is 0.173 e. The molecule has 0 amide bonds. The van der Waals surface area contributed by atoms with Gasteiger partial charge in [0.25, 0.3) is 0 Å². The fourth-order valence-corrected chi connectivity index (χ4v) is 6.48. The van der Waals surface area contributed by atoms with Crippen LogP contribution < -0.4 is 0 Å². The third-order valence-electron chi connectivity index (χ3n) is 8.97. The fraction of sp³-hybridized carbons (Fsp3) is 0.278. The molecule has 0 N–H and O–H groups in total. The summed E-state index contributed by atoms with van der Waals surface area (Å²) in [6.07, 6.45) is 1.56. The van der Waals surface area contributed by atoms with E-state index in [9.17, 15) is 8.78 Å². The van der Waals surface area contributed by atoms with E-state index in [-0.39, 0.29) is 23.7 Å². The van der Waals surface area contributed by atoms with E-state index >= 15 is 0 Å². The molecule has 1 aliphatic rings. The zero-order valence-corrected chi connectivity index (χ0v) is 26.4. The van der Waals surface area contributed by atoms with Crippen LogP contribution in [0.4, 0.5) is 8.78 Å². The van der Waals surface area contributed by atoms with Crippen LogP contribution in [0.2, 0.25) is 0 Å². The Morgan fingerprint density at radius 1 is 0.500 bits per heavy atom. The normalized spacial score (nSPS) is 15.4. The molecule has 3 heterocycles. The maximum atomic E-state index is 14.1. The maximum absolute atomic E-state index is 14.1. The SMILES string of the molecule is Fc1ccc([C@H](c2nnnn2CCc2ccccc2)N2CCN([C@H](c3ccc(F)cc3)c3nnnn3CCc3ccccc3)CC2)cc1. The van der Waals surface area contributed by atoms with E-state index in [1.807, 2.05) is 70.0 Å². The van der Waals surface area contributed by atoms with Gasteiger partial charge in [-0.2, -0.15) is 0 Å². The molecule has 244 valence electrons. The summed E-state index contributed by atoms with van der Waals surface area (Å²) in [6.45, 7) is 3.94. The number of tetrazole rings is 2. The van der Waals surface area contributed by atoms with Gasteiger partial charge in [-0.15, -0.1) is 10.2 Å². The summed E-state index contributed by atoms with van der Waals surface area (Å²) in [5.74, 6) is 0.841. The van der Waals surface area contributed by atoms with Gasteiger partial charge in [0.2, 0.25) is 0 Å². The monoisotopic (exact) mass is 646 g/mol. The number of hydrogen-bond donors (Lipinski definition) is 0. The minimum atomic E-state index is -0.293. The lowest BCUT2D eigenvalue weighted by Gasteiger charge is -2.41. The predicted molar refractivity (Wildman–Crippen MR) is 176 cm³/mol. The van der Waals surface area contributed by atoms with E-state index in [4.69, 9.17) is 0 Å². The molecular formula is C36H36F2N10. The Balaban J connectivity index is 1.14. The van der Waals surface area contributed by atoms with Crippen molar-refractivity contribution in [2.75, 3.05) is 26.2 Å². The Morgan fingerprint density at radius 2 is 0.875 bits per heavy atom. The first-order valence-corrected chi connectivity index (χ1v) is 16.2. The van der Waals surface area contributed by atoms with Crippen LogP contribution in [-0.2, 0) is 25.9 Å². The zero-order chi connectivity index (χ0) is 32.7. The summed E-state index contributed by atoms with van der Waals surface area (Å²) in [7, 11) is 0. The summed E-state index contributed by atoms with van der Waals surface area (Å²) >= 11 is 0. The number of aromatic nitrogens is 8. The average molecular weight is 647 g/mol. The number of aryl methyl sites for hydroxylation is 4. The maximum Gasteiger partial charge on any atom is 0.173 e. The van der Waals surface area contributed by atoms with Crippen LogP contribution in [0.25, 0.3) is 0 Å². The van der Waals surface area contributed by atoms with Crippen molar-refractivity contribution in [3.63, 3.8) is 0 Å². The van der Waals surface area contributed by atoms with E-state index in [2.05, 4.69) is 65.1 Å². The molecule has 12 heteroatoms. The van der Waals surface area contributed by atoms with Crippen LogP contribution in [0.5, 0.6) is 0 Å². The second kappa shape index (κ2) is 14.7. The molecule has 10 nitrogen and oxygen atoms in total. The fourth-order valence-electron chi connectivity index (χ4n) is 6.48. The van der Waals surface area contributed by atoms with E-state index in [0.717, 1.165) is 24.0 Å². The van der Waals surface area contributed by atoms with Crippen molar-refractivity contribution in [2.24, 2.45) is 0 Å². The van der Waals surface area contributed by atoms with Gasteiger partial charge in [0, 0.05) is 39.3 Å². The van der Waals surface area contributed by atoms with Crippen molar-refractivity contribution in [2.45, 2.75) is 38.0 Å². The molecule has 7 rings (SSSR count). The van der Waals surface area contributed by atoms with Crippen molar-refractivity contribution in [3.8, 4) is 0 Å². The van der Waals surface area contributed by atoms with E-state index in [1.54, 1.807) is 0 Å². The van der Waals surface area contributed by atoms with Crippen LogP contribution in [0.15, 0.2) is 109 Å². The second-order valence-corrected chi connectivity index (χ2v) is 12.0. The molecule has 1 aliphatic heterocycles. The van der Waals surface area contributed by atoms with Gasteiger partial charge in [-0.25, -0.2) is 18.1 Å². The molecule has 0 spiro atoms. The number of rotatable bonds is 12. The highest BCUT2D eigenvalue weighted by molar-refractivity contribution is 5.28. The molecule has 2 aromatic heterocycles. The van der Waals surface area contributed by atoms with Gasteiger partial charge in [0.05, 0.1) is 12.1 Å². The predicted octanol–water partition coefficient (Wildman–Crippen LogP) is 4.92. The molecule has 4 aromatic carbocycles. The molecule has 1 saturated heterocycles. The van der Waals surface area contributed by atoms with Crippen LogP contribution in [0.3, 0.4) is 0 Å². The van der Waals surface area contributed by atoms with Crippen molar-refractivity contribution >= 4 is 0 Å². The minimum absolute atomic E-state index is 0.279. The highest BCUT2D eigenvalue weighted by atomic mass is 19.1. The molecule has 0 radical (unpaired) electrons. The van der Waals surface area contributed by atoms with Crippen LogP contribution >= 0.6 is 0 Å². The van der Waals surface area contributed by atoms with Crippen molar-refractivity contribution in [1.82, 2.24) is 50.2 Å². The molecule has 0 aliphatic carbocycles. The third-order valence-corrected chi connectivity index (χ3v) is 8.97. The van der Waals surface area contributed by atoms with E-state index < -0.39 is 0 Å². The molecule has 6 aromatic rings. The Bertz CT molecular complexity index is 1730. The van der Waals surface area contributed by atoms with Gasteiger partial charge in [-0.3, -0.25) is 9.80 Å². The van der Waals surface area contributed by atoms with Gasteiger partial charge in [0.1, 0.15) is 11.6 Å². The first-order valence-electron chi connectivity index (χ1n) is 16.2. The standard InChI is InChI=1S/C36H36F2N10/c37-31-15-11-29(12-16-31)33(35-39-41-43-47(35)21-19-27-7-3-1-4-8-27)45-23-25-46(26-24-45)34(30-13-17-32(38)18-14-30)36-40-42-44-48(36)22-20-28-9-5-2-6-10-28/h1-18,33-34H,19-26H2/t33-,34-/m1/s1. The van der Waals surface area contributed by atoms with Gasteiger partial charge in [-0.05, 0) is 80.2 Å². The Labute approximate surface area is 277 Å². The number of nitrogens with zero attached hydrogens (tertiary/aromatic N) is 10. The first-order chi connectivity index (χ1) is 23.6. The third kappa shape index (κ3) is 7.19. The summed E-state index contributed by atoms with van der Waals surface area (Å²) < 4.78 is 31.8.